The van der Waals surface area contributed by atoms with Crippen LogP contribution in [0.3, 0.4) is 0 Å². The molecule has 24 heavy (non-hydrogen) atoms. The third kappa shape index (κ3) is 4.40. The summed E-state index contributed by atoms with van der Waals surface area (Å²) in [6.07, 6.45) is 3.88. The molecule has 132 valence electrons. The van der Waals surface area contributed by atoms with E-state index in [1.165, 1.54) is 16.8 Å². The van der Waals surface area contributed by atoms with Crippen LogP contribution in [0.1, 0.15) is 25.8 Å². The van der Waals surface area contributed by atoms with Gasteiger partial charge in [0.25, 0.3) is 0 Å². The van der Waals surface area contributed by atoms with Crippen molar-refractivity contribution in [1.29, 1.82) is 0 Å². The SMILES string of the molecule is Cc1cnn(-c2ccc(S(=O)(=O)NC(CN)CC(C)C)cc2F)c1. The van der Waals surface area contributed by atoms with Crippen molar-refractivity contribution in [2.45, 2.75) is 38.1 Å². The molecule has 0 amide bonds. The number of sulfonamides is 1. The summed E-state index contributed by atoms with van der Waals surface area (Å²) < 4.78 is 43.1. The van der Waals surface area contributed by atoms with Gasteiger partial charge < -0.3 is 5.73 Å². The van der Waals surface area contributed by atoms with Crippen molar-refractivity contribution in [3.63, 3.8) is 0 Å². The van der Waals surface area contributed by atoms with Crippen LogP contribution in [-0.2, 0) is 10.0 Å². The molecule has 1 unspecified atom stereocenters. The van der Waals surface area contributed by atoms with Crippen LogP contribution in [0.5, 0.6) is 0 Å². The quantitative estimate of drug-likeness (QED) is 0.795. The first-order valence-electron chi connectivity index (χ1n) is 7.76. The molecular weight excluding hydrogens is 331 g/mol. The van der Waals surface area contributed by atoms with E-state index >= 15 is 0 Å². The second-order valence-electron chi connectivity index (χ2n) is 6.26. The van der Waals surface area contributed by atoms with Crippen LogP contribution in [0.4, 0.5) is 4.39 Å². The van der Waals surface area contributed by atoms with Crippen LogP contribution in [0.25, 0.3) is 5.69 Å². The Morgan fingerprint density at radius 1 is 1.38 bits per heavy atom. The van der Waals surface area contributed by atoms with E-state index in [2.05, 4.69) is 9.82 Å². The molecule has 0 aliphatic heterocycles. The number of aryl methyl sites for hydroxylation is 1. The van der Waals surface area contributed by atoms with E-state index in [1.54, 1.807) is 12.4 Å². The molecule has 3 N–H and O–H groups in total. The smallest absolute Gasteiger partial charge is 0.240 e. The summed E-state index contributed by atoms with van der Waals surface area (Å²) in [5, 5.41) is 4.03. The molecule has 0 radical (unpaired) electrons. The number of hydrogen-bond acceptors (Lipinski definition) is 4. The number of nitrogens with zero attached hydrogens (tertiary/aromatic N) is 2. The first-order chi connectivity index (χ1) is 11.2. The highest BCUT2D eigenvalue weighted by molar-refractivity contribution is 7.89. The van der Waals surface area contributed by atoms with Crippen LogP contribution in [0.2, 0.25) is 0 Å². The molecule has 1 aromatic heterocycles. The Labute approximate surface area is 141 Å². The van der Waals surface area contributed by atoms with E-state index in [0.717, 1.165) is 11.6 Å². The molecule has 2 aromatic rings. The zero-order valence-electron chi connectivity index (χ0n) is 14.0. The van der Waals surface area contributed by atoms with Crippen molar-refractivity contribution in [2.24, 2.45) is 11.7 Å². The Balaban J connectivity index is 2.26. The van der Waals surface area contributed by atoms with Gasteiger partial charge in [-0.25, -0.2) is 22.2 Å². The lowest BCUT2D eigenvalue weighted by Crippen LogP contribution is -2.41. The van der Waals surface area contributed by atoms with Crippen molar-refractivity contribution in [3.05, 3.63) is 42.0 Å². The summed E-state index contributed by atoms with van der Waals surface area (Å²) in [4.78, 5) is -0.130. The second kappa shape index (κ2) is 7.42. The molecule has 0 bridgehead atoms. The van der Waals surface area contributed by atoms with Crippen molar-refractivity contribution in [3.8, 4) is 5.69 Å². The fourth-order valence-corrected chi connectivity index (χ4v) is 3.71. The van der Waals surface area contributed by atoms with Gasteiger partial charge in [0.15, 0.2) is 0 Å². The first kappa shape index (κ1) is 18.6. The second-order valence-corrected chi connectivity index (χ2v) is 7.97. The third-order valence-corrected chi connectivity index (χ3v) is 5.07. The van der Waals surface area contributed by atoms with Crippen molar-refractivity contribution in [1.82, 2.24) is 14.5 Å². The van der Waals surface area contributed by atoms with Gasteiger partial charge in [0, 0.05) is 18.8 Å². The summed E-state index contributed by atoms with van der Waals surface area (Å²) in [5.74, 6) is -0.363. The Hall–Kier alpha value is -1.77. The number of nitrogens with two attached hydrogens (primary N) is 1. The average molecular weight is 354 g/mol. The van der Waals surface area contributed by atoms with Gasteiger partial charge in [0.05, 0.1) is 11.1 Å². The molecule has 2 rings (SSSR count). The van der Waals surface area contributed by atoms with Gasteiger partial charge >= 0.3 is 0 Å². The molecular formula is C16H23FN4O2S. The molecule has 1 heterocycles. The molecule has 0 aliphatic carbocycles. The van der Waals surface area contributed by atoms with Crippen LogP contribution < -0.4 is 10.5 Å². The number of nitrogens with one attached hydrogen (secondary N) is 1. The Bertz CT molecular complexity index is 802. The maximum absolute atomic E-state index is 14.3. The average Bonchev–Trinajstić information content (AvgIpc) is 2.92. The molecule has 8 heteroatoms. The number of hydrogen-bond donors (Lipinski definition) is 2. The largest absolute Gasteiger partial charge is 0.329 e. The van der Waals surface area contributed by atoms with Crippen LogP contribution in [0, 0.1) is 18.7 Å². The zero-order chi connectivity index (χ0) is 17.9. The highest BCUT2D eigenvalue weighted by atomic mass is 32.2. The van der Waals surface area contributed by atoms with Crippen molar-refractivity contribution >= 4 is 10.0 Å². The molecule has 0 fully saturated rings. The van der Waals surface area contributed by atoms with E-state index in [4.69, 9.17) is 5.73 Å². The molecule has 0 saturated carbocycles. The monoisotopic (exact) mass is 354 g/mol. The third-order valence-electron chi connectivity index (χ3n) is 3.55. The molecule has 0 aliphatic rings. The molecule has 6 nitrogen and oxygen atoms in total. The van der Waals surface area contributed by atoms with Gasteiger partial charge in [-0.3, -0.25) is 0 Å². The van der Waals surface area contributed by atoms with E-state index in [9.17, 15) is 12.8 Å². The maximum atomic E-state index is 14.3. The summed E-state index contributed by atoms with van der Waals surface area (Å²) >= 11 is 0. The summed E-state index contributed by atoms with van der Waals surface area (Å²) in [6, 6.07) is 3.38. The lowest BCUT2D eigenvalue weighted by Gasteiger charge is -2.19. The lowest BCUT2D eigenvalue weighted by molar-refractivity contribution is 0.465. The van der Waals surface area contributed by atoms with E-state index in [-0.39, 0.29) is 23.2 Å². The number of rotatable bonds is 7. The summed E-state index contributed by atoms with van der Waals surface area (Å²) in [6.45, 7) is 5.99. The fraction of sp³-hybridized carbons (Fsp3) is 0.438. The van der Waals surface area contributed by atoms with Crippen molar-refractivity contribution in [2.75, 3.05) is 6.54 Å². The molecule has 1 aromatic carbocycles. The summed E-state index contributed by atoms with van der Waals surface area (Å²) in [5.41, 5.74) is 6.70. The van der Waals surface area contributed by atoms with E-state index < -0.39 is 15.8 Å². The van der Waals surface area contributed by atoms with Gasteiger partial charge in [0.2, 0.25) is 10.0 Å². The Kier molecular flexibility index (Phi) is 5.74. The standard InChI is InChI=1S/C16H23FN4O2S/c1-11(2)6-13(8-18)20-24(22,23)14-4-5-16(15(17)7-14)21-10-12(3)9-19-21/h4-5,7,9-11,13,20H,6,8,18H2,1-3H3. The maximum Gasteiger partial charge on any atom is 0.240 e. The van der Waals surface area contributed by atoms with Gasteiger partial charge in [-0.1, -0.05) is 13.8 Å². The number of benzene rings is 1. The van der Waals surface area contributed by atoms with Crippen LogP contribution in [-0.4, -0.2) is 30.8 Å². The molecule has 1 atom stereocenters. The number of aromatic nitrogens is 2. The van der Waals surface area contributed by atoms with Crippen LogP contribution >= 0.6 is 0 Å². The van der Waals surface area contributed by atoms with E-state index in [1.807, 2.05) is 20.8 Å². The van der Waals surface area contributed by atoms with Gasteiger partial charge in [-0.2, -0.15) is 5.10 Å². The zero-order valence-corrected chi connectivity index (χ0v) is 14.8. The van der Waals surface area contributed by atoms with Gasteiger partial charge in [0.1, 0.15) is 11.5 Å². The highest BCUT2D eigenvalue weighted by Gasteiger charge is 2.21. The van der Waals surface area contributed by atoms with Crippen LogP contribution in [0.15, 0.2) is 35.5 Å². The van der Waals surface area contributed by atoms with E-state index in [0.29, 0.717) is 12.3 Å². The minimum Gasteiger partial charge on any atom is -0.329 e. The predicted octanol–water partition coefficient (Wildman–Crippen LogP) is 1.97. The highest BCUT2D eigenvalue weighted by Crippen LogP contribution is 2.19. The first-order valence-corrected chi connectivity index (χ1v) is 9.25. The normalized spacial score (nSPS) is 13.4. The summed E-state index contributed by atoms with van der Waals surface area (Å²) in [7, 11) is -3.83. The van der Waals surface area contributed by atoms with Gasteiger partial charge in [-0.15, -0.1) is 0 Å². The Morgan fingerprint density at radius 2 is 2.08 bits per heavy atom. The minimum atomic E-state index is -3.83. The molecule has 0 saturated heterocycles. The minimum absolute atomic E-state index is 0.130. The molecule has 0 spiro atoms. The van der Waals surface area contributed by atoms with Crippen molar-refractivity contribution < 1.29 is 12.8 Å². The predicted molar refractivity (Wildman–Crippen MR) is 90.9 cm³/mol. The number of halogens is 1. The lowest BCUT2D eigenvalue weighted by atomic mass is 10.1. The van der Waals surface area contributed by atoms with Gasteiger partial charge in [-0.05, 0) is 43.0 Å². The Morgan fingerprint density at radius 3 is 2.58 bits per heavy atom. The topological polar surface area (TPSA) is 90.0 Å². The fourth-order valence-electron chi connectivity index (χ4n) is 2.43.